The highest BCUT2D eigenvalue weighted by Crippen LogP contribution is 2.24. The Morgan fingerprint density at radius 2 is 1.82 bits per heavy atom. The van der Waals surface area contributed by atoms with Gasteiger partial charge in [-0.1, -0.05) is 23.8 Å². The van der Waals surface area contributed by atoms with E-state index in [9.17, 15) is 17.6 Å². The van der Waals surface area contributed by atoms with E-state index in [0.717, 1.165) is 15.9 Å². The molecule has 0 heterocycles. The fraction of sp³-hybridized carbons (Fsp3) is 0.133. The molecule has 4 nitrogen and oxygen atoms in total. The second-order valence-electron chi connectivity index (χ2n) is 4.66. The summed E-state index contributed by atoms with van der Waals surface area (Å²) in [5, 5.41) is -0.861. The number of hydrogen-bond acceptors (Lipinski definition) is 3. The van der Waals surface area contributed by atoms with Crippen molar-refractivity contribution in [2.75, 3.05) is 10.8 Å². The quantitative estimate of drug-likeness (QED) is 0.785. The van der Waals surface area contributed by atoms with E-state index in [4.69, 9.17) is 11.6 Å². The Morgan fingerprint density at radius 1 is 1.18 bits per heavy atom. The zero-order chi connectivity index (χ0) is 16.3. The lowest BCUT2D eigenvalue weighted by atomic mass is 10.2. The summed E-state index contributed by atoms with van der Waals surface area (Å²) < 4.78 is 39.5. The Bertz CT molecular complexity index is 791. The Labute approximate surface area is 133 Å². The van der Waals surface area contributed by atoms with Crippen molar-refractivity contribution in [2.24, 2.45) is 0 Å². The molecule has 0 saturated heterocycles. The Kier molecular flexibility index (Phi) is 4.83. The number of halogens is 2. The normalized spacial score (nSPS) is 11.2. The largest absolute Gasteiger partial charge is 0.279 e. The molecular formula is C15H13ClFNO3S. The minimum atomic E-state index is -4.02. The highest BCUT2D eigenvalue weighted by Gasteiger charge is 2.26. The summed E-state index contributed by atoms with van der Waals surface area (Å²) in [6, 6.07) is 11.1. The van der Waals surface area contributed by atoms with E-state index in [1.54, 1.807) is 12.1 Å². The van der Waals surface area contributed by atoms with Crippen molar-refractivity contribution in [3.63, 3.8) is 0 Å². The SMILES string of the molecule is Cc1ccc(S(=O)(=O)N(CC(=O)Cl)c2cccc(F)c2)cc1. The lowest BCUT2D eigenvalue weighted by Crippen LogP contribution is -2.34. The van der Waals surface area contributed by atoms with Crippen molar-refractivity contribution in [1.82, 2.24) is 0 Å². The van der Waals surface area contributed by atoms with Gasteiger partial charge in [-0.3, -0.25) is 9.10 Å². The molecule has 0 aliphatic carbocycles. The van der Waals surface area contributed by atoms with Crippen molar-refractivity contribution in [3.8, 4) is 0 Å². The van der Waals surface area contributed by atoms with E-state index >= 15 is 0 Å². The third-order valence-corrected chi connectivity index (χ3v) is 4.88. The number of carbonyl (C=O) groups is 1. The van der Waals surface area contributed by atoms with Gasteiger partial charge in [0.15, 0.2) is 0 Å². The predicted molar refractivity (Wildman–Crippen MR) is 83.0 cm³/mol. The van der Waals surface area contributed by atoms with E-state index < -0.39 is 27.6 Å². The molecule has 0 amide bonds. The second kappa shape index (κ2) is 6.46. The summed E-state index contributed by atoms with van der Waals surface area (Å²) >= 11 is 5.34. The Hall–Kier alpha value is -1.92. The first-order chi connectivity index (χ1) is 10.3. The van der Waals surface area contributed by atoms with Crippen LogP contribution in [-0.2, 0) is 14.8 Å². The van der Waals surface area contributed by atoms with Gasteiger partial charge in [-0.15, -0.1) is 0 Å². The van der Waals surface area contributed by atoms with Gasteiger partial charge >= 0.3 is 0 Å². The molecule has 0 aromatic heterocycles. The number of sulfonamides is 1. The fourth-order valence-corrected chi connectivity index (χ4v) is 3.50. The first-order valence-corrected chi connectivity index (χ1v) is 8.16. The number of anilines is 1. The Balaban J connectivity index is 2.53. The predicted octanol–water partition coefficient (Wildman–Crippen LogP) is 3.09. The van der Waals surface area contributed by atoms with Crippen molar-refractivity contribution in [2.45, 2.75) is 11.8 Å². The monoisotopic (exact) mass is 341 g/mol. The molecule has 0 aliphatic heterocycles. The second-order valence-corrected chi connectivity index (χ2v) is 6.94. The van der Waals surface area contributed by atoms with Crippen LogP contribution in [0.5, 0.6) is 0 Å². The lowest BCUT2D eigenvalue weighted by Gasteiger charge is -2.23. The number of nitrogens with zero attached hydrogens (tertiary/aromatic N) is 1. The van der Waals surface area contributed by atoms with Gasteiger partial charge < -0.3 is 0 Å². The fourth-order valence-electron chi connectivity index (χ4n) is 1.90. The number of hydrogen-bond donors (Lipinski definition) is 0. The molecule has 0 bridgehead atoms. The first-order valence-electron chi connectivity index (χ1n) is 6.34. The van der Waals surface area contributed by atoms with Crippen LogP contribution in [0.25, 0.3) is 0 Å². The van der Waals surface area contributed by atoms with E-state index in [-0.39, 0.29) is 10.6 Å². The molecule has 116 valence electrons. The summed E-state index contributed by atoms with van der Waals surface area (Å²) in [6.07, 6.45) is 0. The number of benzene rings is 2. The van der Waals surface area contributed by atoms with Crippen LogP contribution in [0, 0.1) is 12.7 Å². The molecule has 7 heteroatoms. The van der Waals surface area contributed by atoms with Crippen LogP contribution in [0.15, 0.2) is 53.4 Å². The summed E-state index contributed by atoms with van der Waals surface area (Å²) in [6.45, 7) is 1.24. The minimum absolute atomic E-state index is 0.000257. The van der Waals surface area contributed by atoms with E-state index in [2.05, 4.69) is 0 Å². The highest BCUT2D eigenvalue weighted by molar-refractivity contribution is 7.92. The average molecular weight is 342 g/mol. The molecule has 0 radical (unpaired) electrons. The summed E-state index contributed by atoms with van der Waals surface area (Å²) in [5.41, 5.74) is 0.930. The maximum atomic E-state index is 13.4. The van der Waals surface area contributed by atoms with E-state index in [1.807, 2.05) is 6.92 Å². The van der Waals surface area contributed by atoms with Crippen LogP contribution in [-0.4, -0.2) is 20.2 Å². The van der Waals surface area contributed by atoms with Gasteiger partial charge in [-0.2, -0.15) is 0 Å². The topological polar surface area (TPSA) is 54.5 Å². The van der Waals surface area contributed by atoms with Crippen LogP contribution >= 0.6 is 11.6 Å². The Morgan fingerprint density at radius 3 is 2.36 bits per heavy atom. The number of carbonyl (C=O) groups excluding carboxylic acids is 1. The maximum absolute atomic E-state index is 13.4. The van der Waals surface area contributed by atoms with E-state index in [0.29, 0.717) is 0 Å². The van der Waals surface area contributed by atoms with Gasteiger partial charge in [0.1, 0.15) is 12.4 Å². The van der Waals surface area contributed by atoms with Crippen LogP contribution in [0.2, 0.25) is 0 Å². The maximum Gasteiger partial charge on any atom is 0.264 e. The molecule has 0 aliphatic rings. The molecule has 2 aromatic rings. The molecule has 2 rings (SSSR count). The van der Waals surface area contributed by atoms with Crippen LogP contribution in [0.4, 0.5) is 10.1 Å². The standard InChI is InChI=1S/C15H13ClFNO3S/c1-11-5-7-14(8-6-11)22(20,21)18(10-15(16)19)13-4-2-3-12(17)9-13/h2-9H,10H2,1H3. The first kappa shape index (κ1) is 16.5. The number of aryl methyl sites for hydroxylation is 1. The molecule has 0 atom stereocenters. The van der Waals surface area contributed by atoms with Gasteiger partial charge in [-0.05, 0) is 48.9 Å². The van der Waals surface area contributed by atoms with Crippen LogP contribution in [0.3, 0.4) is 0 Å². The van der Waals surface area contributed by atoms with Crippen molar-refractivity contribution >= 4 is 32.6 Å². The van der Waals surface area contributed by atoms with Crippen LogP contribution in [0.1, 0.15) is 5.56 Å². The van der Waals surface area contributed by atoms with Crippen molar-refractivity contribution in [1.29, 1.82) is 0 Å². The smallest absolute Gasteiger partial charge is 0.264 e. The molecule has 0 spiro atoms. The minimum Gasteiger partial charge on any atom is -0.279 e. The lowest BCUT2D eigenvalue weighted by molar-refractivity contribution is -0.110. The molecule has 0 N–H and O–H groups in total. The molecule has 22 heavy (non-hydrogen) atoms. The molecule has 2 aromatic carbocycles. The van der Waals surface area contributed by atoms with Gasteiger partial charge in [0.2, 0.25) is 5.24 Å². The van der Waals surface area contributed by atoms with Crippen LogP contribution < -0.4 is 4.31 Å². The molecular weight excluding hydrogens is 329 g/mol. The average Bonchev–Trinajstić information content (AvgIpc) is 2.45. The van der Waals surface area contributed by atoms with Gasteiger partial charge in [0.05, 0.1) is 10.6 Å². The summed E-state index contributed by atoms with van der Waals surface area (Å²) in [7, 11) is -4.02. The molecule has 0 unspecified atom stereocenters. The van der Waals surface area contributed by atoms with Crippen molar-refractivity contribution in [3.05, 3.63) is 59.9 Å². The van der Waals surface area contributed by atoms with Gasteiger partial charge in [-0.25, -0.2) is 12.8 Å². The summed E-state index contributed by atoms with van der Waals surface area (Å²) in [4.78, 5) is 11.2. The zero-order valence-corrected chi connectivity index (χ0v) is 13.2. The molecule has 0 fully saturated rings. The zero-order valence-electron chi connectivity index (χ0n) is 11.7. The highest BCUT2D eigenvalue weighted by atomic mass is 35.5. The summed E-state index contributed by atoms with van der Waals surface area (Å²) in [5.74, 6) is -0.608. The number of rotatable bonds is 5. The van der Waals surface area contributed by atoms with Crippen molar-refractivity contribution < 1.29 is 17.6 Å². The molecule has 0 saturated carbocycles. The van der Waals surface area contributed by atoms with Gasteiger partial charge in [0.25, 0.3) is 10.0 Å². The third kappa shape index (κ3) is 3.64. The van der Waals surface area contributed by atoms with E-state index in [1.165, 1.54) is 30.3 Å². The third-order valence-electron chi connectivity index (χ3n) is 2.97. The van der Waals surface area contributed by atoms with Gasteiger partial charge in [0, 0.05) is 0 Å².